The number of hydrogen-bond donors (Lipinski definition) is 5. The monoisotopic (exact) mass is 427 g/mol. The Morgan fingerprint density at radius 3 is 2.42 bits per heavy atom. The highest BCUT2D eigenvalue weighted by molar-refractivity contribution is 6.23. The van der Waals surface area contributed by atoms with Gasteiger partial charge in [-0.2, -0.15) is 0 Å². The van der Waals surface area contributed by atoms with Crippen LogP contribution in [0.4, 0.5) is 5.69 Å². The molecule has 31 heavy (non-hydrogen) atoms. The summed E-state index contributed by atoms with van der Waals surface area (Å²) in [6.45, 7) is 1.46. The van der Waals surface area contributed by atoms with Crippen LogP contribution in [-0.4, -0.2) is 57.8 Å². The minimum Gasteiger partial charge on any atom is -0.511 e. The highest BCUT2D eigenvalue weighted by Crippen LogP contribution is 2.56. The fourth-order valence-electron chi connectivity index (χ4n) is 5.57. The van der Waals surface area contributed by atoms with Crippen LogP contribution < -0.4 is 11.5 Å². The molecule has 0 saturated heterocycles. The third-order valence-corrected chi connectivity index (χ3v) is 7.10. The molecule has 2 unspecified atom stereocenters. The smallest absolute Gasteiger partial charge is 0.255 e. The van der Waals surface area contributed by atoms with E-state index in [4.69, 9.17) is 11.5 Å². The van der Waals surface area contributed by atoms with Crippen molar-refractivity contribution in [3.63, 3.8) is 0 Å². The summed E-state index contributed by atoms with van der Waals surface area (Å²) in [5, 5.41) is 32.4. The van der Waals surface area contributed by atoms with Crippen LogP contribution in [0.25, 0.3) is 0 Å². The maximum Gasteiger partial charge on any atom is 0.255 e. The van der Waals surface area contributed by atoms with Crippen molar-refractivity contribution in [2.45, 2.75) is 25.8 Å². The fourth-order valence-corrected chi connectivity index (χ4v) is 5.57. The van der Waals surface area contributed by atoms with Crippen molar-refractivity contribution < 1.29 is 29.7 Å². The van der Waals surface area contributed by atoms with Crippen LogP contribution in [0, 0.1) is 17.3 Å². The van der Waals surface area contributed by atoms with Crippen molar-refractivity contribution in [2.75, 3.05) is 19.8 Å². The third-order valence-electron chi connectivity index (χ3n) is 7.10. The number of nitrogen functional groups attached to an aromatic ring is 1. The molecule has 4 rings (SSSR count). The number of likely N-dealkylation sites (N-methyl/N-ethyl adjacent to an activating group) is 1. The summed E-state index contributed by atoms with van der Waals surface area (Å²) >= 11 is 0. The number of benzene rings is 1. The molecule has 0 aliphatic heterocycles. The Labute approximate surface area is 178 Å². The third kappa shape index (κ3) is 2.56. The number of aliphatic hydroxyl groups is 2. The van der Waals surface area contributed by atoms with Crippen LogP contribution >= 0.6 is 0 Å². The Morgan fingerprint density at radius 1 is 1.19 bits per heavy atom. The van der Waals surface area contributed by atoms with E-state index in [1.54, 1.807) is 19.0 Å². The van der Waals surface area contributed by atoms with Gasteiger partial charge in [0.05, 0.1) is 17.0 Å². The quantitative estimate of drug-likeness (QED) is 0.264. The van der Waals surface area contributed by atoms with Crippen molar-refractivity contribution in [1.82, 2.24) is 4.90 Å². The zero-order valence-electron chi connectivity index (χ0n) is 17.5. The fraction of sp³-hybridized carbons (Fsp3) is 0.409. The number of nitrogens with zero attached hydrogens (tertiary/aromatic N) is 1. The molecule has 0 saturated carbocycles. The lowest BCUT2D eigenvalue weighted by molar-refractivity contribution is -0.134. The summed E-state index contributed by atoms with van der Waals surface area (Å²) < 4.78 is 0. The van der Waals surface area contributed by atoms with E-state index in [0.717, 1.165) is 0 Å². The van der Waals surface area contributed by atoms with Gasteiger partial charge in [0, 0.05) is 17.2 Å². The average molecular weight is 427 g/mol. The summed E-state index contributed by atoms with van der Waals surface area (Å²) in [5.41, 5.74) is 10.1. The number of nitrogens with two attached hydrogens (primary N) is 2. The number of rotatable bonds is 2. The van der Waals surface area contributed by atoms with Crippen molar-refractivity contribution >= 4 is 23.2 Å². The first kappa shape index (κ1) is 20.9. The number of phenolic OH excluding ortho intramolecular Hbond substituents is 1. The topological polar surface area (TPSA) is 167 Å². The molecule has 0 radical (unpaired) electrons. The van der Waals surface area contributed by atoms with E-state index < -0.39 is 57.9 Å². The van der Waals surface area contributed by atoms with Gasteiger partial charge < -0.3 is 26.8 Å². The summed E-state index contributed by atoms with van der Waals surface area (Å²) in [6.07, 6.45) is 0.565. The molecular formula is C22H25N3O6. The van der Waals surface area contributed by atoms with Crippen LogP contribution in [0.5, 0.6) is 5.75 Å². The SMILES string of the molecule is CN(C)[C@@H]1C(O)=C(C(N)=O)C(=O)[C@@]2(C)C(O)=C3C(=O)c4c(O)ccc(N)c4CC3CC12. The van der Waals surface area contributed by atoms with Crippen LogP contribution in [-0.2, 0) is 16.0 Å². The van der Waals surface area contributed by atoms with Crippen LogP contribution in [0.1, 0.15) is 29.3 Å². The van der Waals surface area contributed by atoms with Crippen molar-refractivity contribution in [3.05, 3.63) is 45.9 Å². The van der Waals surface area contributed by atoms with Gasteiger partial charge in [-0.15, -0.1) is 0 Å². The molecule has 0 bridgehead atoms. The Balaban J connectivity index is 1.98. The van der Waals surface area contributed by atoms with Gasteiger partial charge in [-0.1, -0.05) is 0 Å². The lowest BCUT2D eigenvalue weighted by atomic mass is 9.54. The summed E-state index contributed by atoms with van der Waals surface area (Å²) in [6, 6.07) is 2.06. The van der Waals surface area contributed by atoms with E-state index in [0.29, 0.717) is 11.3 Å². The number of carbonyl (C=O) groups excluding carboxylic acids is 3. The number of allylic oxidation sites excluding steroid dienone is 2. The second-order valence-electron chi connectivity index (χ2n) is 8.93. The van der Waals surface area contributed by atoms with Gasteiger partial charge >= 0.3 is 0 Å². The minimum absolute atomic E-state index is 0.0146. The van der Waals surface area contributed by atoms with Gasteiger partial charge in [0.15, 0.2) is 11.6 Å². The van der Waals surface area contributed by atoms with E-state index in [2.05, 4.69) is 0 Å². The molecule has 4 atom stereocenters. The first-order valence-electron chi connectivity index (χ1n) is 9.95. The van der Waals surface area contributed by atoms with E-state index >= 15 is 0 Å². The molecule has 1 amide bonds. The summed E-state index contributed by atoms with van der Waals surface area (Å²) in [7, 11) is 3.37. The van der Waals surface area contributed by atoms with E-state index in [1.165, 1.54) is 19.1 Å². The minimum atomic E-state index is -1.64. The van der Waals surface area contributed by atoms with Gasteiger partial charge in [-0.05, 0) is 57.5 Å². The Hall–Kier alpha value is -3.33. The predicted molar refractivity (Wildman–Crippen MR) is 111 cm³/mol. The first-order valence-corrected chi connectivity index (χ1v) is 9.95. The maximum absolute atomic E-state index is 13.3. The molecule has 0 heterocycles. The number of carbonyl (C=O) groups is 3. The Bertz CT molecular complexity index is 1120. The van der Waals surface area contributed by atoms with Gasteiger partial charge in [0.25, 0.3) is 5.91 Å². The Morgan fingerprint density at radius 2 is 1.84 bits per heavy atom. The molecule has 1 aromatic rings. The molecule has 164 valence electrons. The standard InChI is InChI=1S/C22H25N3O6/c1-22-10(16(25(2)3)18(28)15(20(22)30)21(24)31)7-8-6-9-11(23)4-5-12(26)14(9)17(27)13(8)19(22)29/h4-5,8,10,16,26,28-29H,6-7,23H2,1-3H3,(H2,24,31)/t8?,10?,16-,22+/m0/s1. The zero-order chi connectivity index (χ0) is 23.0. The van der Waals surface area contributed by atoms with E-state index in [9.17, 15) is 29.7 Å². The molecule has 0 aromatic heterocycles. The highest BCUT2D eigenvalue weighted by Gasteiger charge is 2.61. The number of aliphatic hydroxyl groups excluding tert-OH is 2. The summed E-state index contributed by atoms with van der Waals surface area (Å²) in [4.78, 5) is 40.4. The molecule has 9 heteroatoms. The van der Waals surface area contributed by atoms with Gasteiger partial charge in [-0.3, -0.25) is 19.3 Å². The molecule has 3 aliphatic rings. The molecule has 3 aliphatic carbocycles. The molecule has 0 fully saturated rings. The maximum atomic E-state index is 13.3. The molecule has 9 nitrogen and oxygen atoms in total. The molecule has 7 N–H and O–H groups in total. The van der Waals surface area contributed by atoms with Gasteiger partial charge in [-0.25, -0.2) is 0 Å². The number of fused-ring (bicyclic) bond motifs is 3. The second-order valence-corrected chi connectivity index (χ2v) is 8.93. The number of primary amides is 1. The lowest BCUT2D eigenvalue weighted by Gasteiger charge is -2.51. The van der Waals surface area contributed by atoms with E-state index in [-0.39, 0.29) is 29.7 Å². The van der Waals surface area contributed by atoms with E-state index in [1.807, 2.05) is 0 Å². The number of phenols is 1. The number of ketones is 2. The van der Waals surface area contributed by atoms with Crippen LogP contribution in [0.3, 0.4) is 0 Å². The second kappa shape index (κ2) is 6.58. The largest absolute Gasteiger partial charge is 0.511 e. The highest BCUT2D eigenvalue weighted by atomic mass is 16.3. The van der Waals surface area contributed by atoms with Gasteiger partial charge in [0.2, 0.25) is 0 Å². The van der Waals surface area contributed by atoms with Crippen molar-refractivity contribution in [1.29, 1.82) is 0 Å². The summed E-state index contributed by atoms with van der Waals surface area (Å²) in [5.74, 6) is -4.74. The number of amides is 1. The number of hydrogen-bond acceptors (Lipinski definition) is 8. The average Bonchev–Trinajstić information content (AvgIpc) is 2.67. The number of aromatic hydroxyl groups is 1. The first-order chi connectivity index (χ1) is 14.4. The molecule has 0 spiro atoms. The molecule has 1 aromatic carbocycles. The van der Waals surface area contributed by atoms with Crippen molar-refractivity contribution in [2.24, 2.45) is 23.0 Å². The van der Waals surface area contributed by atoms with Crippen LogP contribution in [0.2, 0.25) is 0 Å². The number of anilines is 1. The number of Topliss-reactive ketones (excluding diaryl/α,β-unsaturated/α-hetero) is 2. The normalized spacial score (nSPS) is 30.3. The zero-order valence-corrected chi connectivity index (χ0v) is 17.5. The van der Waals surface area contributed by atoms with Crippen LogP contribution in [0.15, 0.2) is 34.8 Å². The van der Waals surface area contributed by atoms with Gasteiger partial charge in [0.1, 0.15) is 22.8 Å². The molecular weight excluding hydrogens is 402 g/mol. The lowest BCUT2D eigenvalue weighted by Crippen LogP contribution is -2.58. The van der Waals surface area contributed by atoms with Crippen molar-refractivity contribution in [3.8, 4) is 5.75 Å². The predicted octanol–water partition coefficient (Wildman–Crippen LogP) is 0.978. The Kier molecular flexibility index (Phi) is 4.44.